The number of β-amino-alcohol motifs (C(OH)–C–C–N with tert-alkyl or cyclic N) is 1. The van der Waals surface area contributed by atoms with Crippen LogP contribution in [-0.2, 0) is 28.8 Å². The molecule has 3 aliphatic rings. The highest BCUT2D eigenvalue weighted by Crippen LogP contribution is 2.35. The third-order valence-electron chi connectivity index (χ3n) is 12.5. The van der Waals surface area contributed by atoms with Crippen LogP contribution in [0.15, 0.2) is 36.4 Å². The van der Waals surface area contributed by atoms with Crippen LogP contribution in [-0.4, -0.2) is 65.0 Å². The Hall–Kier alpha value is -3.76. The van der Waals surface area contributed by atoms with E-state index in [2.05, 4.69) is 50.7 Å². The average molecular weight is 742 g/mol. The van der Waals surface area contributed by atoms with Gasteiger partial charge < -0.3 is 19.3 Å². The van der Waals surface area contributed by atoms with Crippen molar-refractivity contribution in [1.82, 2.24) is 24.2 Å². The van der Waals surface area contributed by atoms with E-state index in [0.717, 1.165) is 59.6 Å². The predicted molar refractivity (Wildman–Crippen MR) is 214 cm³/mol. The molecule has 1 aliphatic heterocycles. The number of amides is 1. The second-order valence-corrected chi connectivity index (χ2v) is 17.9. The van der Waals surface area contributed by atoms with E-state index in [1.165, 1.54) is 69.3 Å². The molecule has 54 heavy (non-hydrogen) atoms. The Labute approximate surface area is 321 Å². The first-order chi connectivity index (χ1) is 25.6. The lowest BCUT2D eigenvalue weighted by molar-refractivity contribution is -0.0797. The zero-order chi connectivity index (χ0) is 38.8. The maximum atomic E-state index is 12.9. The molecule has 2 aromatic carbocycles. The van der Waals surface area contributed by atoms with Gasteiger partial charge in [0.2, 0.25) is 0 Å². The molecule has 1 atom stereocenters. The van der Waals surface area contributed by atoms with Crippen LogP contribution in [0, 0.1) is 11.8 Å². The molecule has 1 saturated heterocycles. The fraction of sp³-hybridized carbons (Fsp3) is 0.636. The molecular weight excluding hydrogens is 679 g/mol. The third kappa shape index (κ3) is 8.70. The molecule has 0 spiro atoms. The van der Waals surface area contributed by atoms with E-state index in [0.29, 0.717) is 23.0 Å². The van der Waals surface area contributed by atoms with Gasteiger partial charge in [-0.1, -0.05) is 80.1 Å². The van der Waals surface area contributed by atoms with Crippen molar-refractivity contribution in [2.75, 3.05) is 13.2 Å². The fourth-order valence-electron chi connectivity index (χ4n) is 8.39. The van der Waals surface area contributed by atoms with E-state index >= 15 is 0 Å². The summed E-state index contributed by atoms with van der Waals surface area (Å²) >= 11 is 0. The summed E-state index contributed by atoms with van der Waals surface area (Å²) < 4.78 is 4.76. The number of aromatic carboxylic acids is 1. The molecule has 3 fully saturated rings. The van der Waals surface area contributed by atoms with Crippen LogP contribution >= 0.6 is 0 Å². The number of aromatic nitrogens is 4. The first kappa shape index (κ1) is 39.9. The van der Waals surface area contributed by atoms with E-state index in [1.807, 2.05) is 24.3 Å². The van der Waals surface area contributed by atoms with Crippen molar-refractivity contribution in [1.29, 1.82) is 0 Å². The number of fused-ring (bicyclic) bond motifs is 2. The normalized spacial score (nSPS) is 20.4. The number of hydroxylamine groups is 2. The second kappa shape index (κ2) is 16.1. The van der Waals surface area contributed by atoms with Crippen molar-refractivity contribution in [3.8, 4) is 0 Å². The Balaban J connectivity index is 0.000000189. The van der Waals surface area contributed by atoms with Gasteiger partial charge in [0, 0.05) is 29.5 Å². The molecule has 2 aromatic heterocycles. The van der Waals surface area contributed by atoms with Crippen molar-refractivity contribution in [3.05, 3.63) is 59.2 Å². The number of carboxylic acids is 1. The van der Waals surface area contributed by atoms with Gasteiger partial charge in [-0.3, -0.25) is 9.63 Å². The van der Waals surface area contributed by atoms with Gasteiger partial charge in [0.15, 0.2) is 0 Å². The van der Waals surface area contributed by atoms with Gasteiger partial charge in [-0.05, 0) is 93.7 Å². The number of carboxylic acid groups (broad SMARTS) is 1. The van der Waals surface area contributed by atoms with E-state index in [1.54, 1.807) is 19.1 Å². The number of carbonyl (C=O) groups is 2. The molecule has 2 N–H and O–H groups in total. The van der Waals surface area contributed by atoms with Crippen molar-refractivity contribution in [2.24, 2.45) is 11.8 Å². The molecule has 1 amide bonds. The number of hydrogen-bond acceptors (Lipinski definition) is 6. The average Bonchev–Trinajstić information content (AvgIpc) is 3.85. The molecular formula is C44H63N5O5. The van der Waals surface area contributed by atoms with Crippen molar-refractivity contribution in [2.45, 2.75) is 155 Å². The minimum atomic E-state index is -1.00. The first-order valence-electron chi connectivity index (χ1n) is 20.5. The van der Waals surface area contributed by atoms with Crippen LogP contribution in [0.4, 0.5) is 0 Å². The van der Waals surface area contributed by atoms with Gasteiger partial charge >= 0.3 is 5.97 Å². The molecule has 2 saturated carbocycles. The molecule has 294 valence electrons. The minimum absolute atomic E-state index is 0.0168. The molecule has 0 unspecified atom stereocenters. The molecule has 7 rings (SSSR count). The number of hydrogen-bond donors (Lipinski definition) is 2. The fourth-order valence-corrected chi connectivity index (χ4v) is 8.39. The molecule has 10 nitrogen and oxygen atoms in total. The standard InChI is InChI=1S/C24H35N3O3.C20H28N2O2/c1-5-23(2,3)22-25-19-13-18(21(28)27-15-24(4,29)16-30-27)11-12-20(19)26(22)14-17-9-7-6-8-10-17;1-4-20(2,3)19-21-16-12-15(18(23)24)10-11-17(16)22(19)13-14-8-6-5-7-9-14/h11-13,17,29H,5-10,14-16H2,1-4H3;10-12,14H,4-9,13H2,1-3H3,(H,23,24)/t24-;/m1./s1. The van der Waals surface area contributed by atoms with Crippen molar-refractivity contribution in [3.63, 3.8) is 0 Å². The molecule has 4 aromatic rings. The van der Waals surface area contributed by atoms with Gasteiger partial charge in [0.05, 0.1) is 34.2 Å². The summed E-state index contributed by atoms with van der Waals surface area (Å²) in [5, 5.41) is 20.6. The molecule has 0 bridgehead atoms. The summed E-state index contributed by atoms with van der Waals surface area (Å²) in [6, 6.07) is 11.1. The maximum absolute atomic E-state index is 12.9. The number of benzene rings is 2. The number of carbonyl (C=O) groups excluding carboxylic acids is 1. The summed E-state index contributed by atoms with van der Waals surface area (Å²) in [6.07, 6.45) is 15.2. The highest BCUT2D eigenvalue weighted by molar-refractivity contribution is 5.97. The number of nitrogens with zero attached hydrogens (tertiary/aromatic N) is 5. The van der Waals surface area contributed by atoms with E-state index in [-0.39, 0.29) is 29.9 Å². The Kier molecular flexibility index (Phi) is 11.9. The summed E-state index contributed by atoms with van der Waals surface area (Å²) in [5.41, 5.74) is 3.64. The van der Waals surface area contributed by atoms with Crippen LogP contribution in [0.25, 0.3) is 22.1 Å². The maximum Gasteiger partial charge on any atom is 0.335 e. The number of imidazole rings is 2. The summed E-state index contributed by atoms with van der Waals surface area (Å²) in [4.78, 5) is 39.5. The molecule has 10 heteroatoms. The smallest absolute Gasteiger partial charge is 0.335 e. The van der Waals surface area contributed by atoms with Crippen LogP contribution < -0.4 is 0 Å². The van der Waals surface area contributed by atoms with Crippen molar-refractivity contribution >= 4 is 33.9 Å². The summed E-state index contributed by atoms with van der Waals surface area (Å²) in [6.45, 7) is 17.3. The Morgan fingerprint density at radius 3 is 1.61 bits per heavy atom. The zero-order valence-corrected chi connectivity index (χ0v) is 33.8. The topological polar surface area (TPSA) is 123 Å². The van der Waals surface area contributed by atoms with E-state index in [9.17, 15) is 19.8 Å². The van der Waals surface area contributed by atoms with Crippen LogP contribution in [0.1, 0.15) is 158 Å². The Morgan fingerprint density at radius 1 is 0.759 bits per heavy atom. The quantitative estimate of drug-likeness (QED) is 0.166. The SMILES string of the molecule is CCC(C)(C)c1nc2cc(C(=O)N3C[C@@](C)(O)CO3)ccc2n1CC1CCCCC1.CCC(C)(C)c1nc2cc(C(=O)O)ccc2n1CC1CCCCC1. The largest absolute Gasteiger partial charge is 0.478 e. The van der Waals surface area contributed by atoms with Gasteiger partial charge in [-0.15, -0.1) is 0 Å². The molecule has 3 heterocycles. The number of rotatable bonds is 10. The lowest BCUT2D eigenvalue weighted by Crippen LogP contribution is -2.34. The molecule has 2 aliphatic carbocycles. The minimum Gasteiger partial charge on any atom is -0.478 e. The lowest BCUT2D eigenvalue weighted by atomic mass is 9.87. The van der Waals surface area contributed by atoms with E-state index in [4.69, 9.17) is 14.8 Å². The third-order valence-corrected chi connectivity index (χ3v) is 12.5. The zero-order valence-electron chi connectivity index (χ0n) is 33.8. The number of aliphatic hydroxyl groups is 1. The van der Waals surface area contributed by atoms with Crippen molar-refractivity contribution < 1.29 is 24.6 Å². The van der Waals surface area contributed by atoms with Gasteiger partial charge in [0.1, 0.15) is 23.9 Å². The molecule has 0 radical (unpaired) electrons. The highest BCUT2D eigenvalue weighted by Gasteiger charge is 2.37. The van der Waals surface area contributed by atoms with Gasteiger partial charge in [-0.25, -0.2) is 19.8 Å². The highest BCUT2D eigenvalue weighted by atomic mass is 16.7. The Bertz CT molecular complexity index is 1940. The van der Waals surface area contributed by atoms with Crippen LogP contribution in [0.2, 0.25) is 0 Å². The van der Waals surface area contributed by atoms with Gasteiger partial charge in [0.25, 0.3) is 5.91 Å². The predicted octanol–water partition coefficient (Wildman–Crippen LogP) is 9.45. The van der Waals surface area contributed by atoms with Crippen LogP contribution in [0.3, 0.4) is 0 Å². The summed E-state index contributed by atoms with van der Waals surface area (Å²) in [7, 11) is 0. The lowest BCUT2D eigenvalue weighted by Gasteiger charge is -2.27. The monoisotopic (exact) mass is 741 g/mol. The van der Waals surface area contributed by atoms with E-state index < -0.39 is 11.6 Å². The summed E-state index contributed by atoms with van der Waals surface area (Å²) in [5.74, 6) is 2.48. The first-order valence-corrected chi connectivity index (χ1v) is 20.5. The van der Waals surface area contributed by atoms with Gasteiger partial charge in [-0.2, -0.15) is 0 Å². The Morgan fingerprint density at radius 2 is 1.20 bits per heavy atom. The second-order valence-electron chi connectivity index (χ2n) is 17.9. The van der Waals surface area contributed by atoms with Crippen LogP contribution in [0.5, 0.6) is 0 Å².